The smallest absolute Gasteiger partial charge is 0.347 e. The first kappa shape index (κ1) is 19.9. The molecule has 0 radical (unpaired) electrons. The number of carbonyl (C=O) groups excluding carboxylic acids is 2. The molecule has 8 nitrogen and oxygen atoms in total. The topological polar surface area (TPSA) is 110 Å². The van der Waals surface area contributed by atoms with Crippen LogP contribution in [0.2, 0.25) is 0 Å². The number of fused-ring (bicyclic) bond motifs is 2. The van der Waals surface area contributed by atoms with Crippen LogP contribution in [0.15, 0.2) is 72.1 Å². The third-order valence-electron chi connectivity index (χ3n) is 4.61. The maximum Gasteiger partial charge on any atom is 0.347 e. The number of para-hydroxylation sites is 3. The number of rotatable bonds is 5. The van der Waals surface area contributed by atoms with Crippen LogP contribution in [0, 0.1) is 0 Å². The molecule has 0 aromatic heterocycles. The Morgan fingerprint density at radius 3 is 2.40 bits per heavy atom. The van der Waals surface area contributed by atoms with Crippen LogP contribution in [-0.2, 0) is 14.9 Å². The van der Waals surface area contributed by atoms with Crippen LogP contribution in [0.4, 0.5) is 5.69 Å². The van der Waals surface area contributed by atoms with E-state index in [0.29, 0.717) is 22.9 Å². The van der Waals surface area contributed by atoms with Crippen LogP contribution >= 0.6 is 0 Å². The van der Waals surface area contributed by atoms with Crippen LogP contribution in [0.5, 0.6) is 11.5 Å². The molecule has 0 unspecified atom stereocenters. The first-order valence-corrected chi connectivity index (χ1v) is 10.7. The van der Waals surface area contributed by atoms with E-state index >= 15 is 0 Å². The zero-order valence-electron chi connectivity index (χ0n) is 15.6. The quantitative estimate of drug-likeness (QED) is 0.255. The highest BCUT2D eigenvalue weighted by molar-refractivity contribution is 7.85. The highest BCUT2D eigenvalue weighted by Gasteiger charge is 2.31. The molecule has 154 valence electrons. The summed E-state index contributed by atoms with van der Waals surface area (Å²) in [5, 5.41) is 0. The van der Waals surface area contributed by atoms with Gasteiger partial charge in [-0.1, -0.05) is 24.3 Å². The Balaban J connectivity index is 1.63. The molecule has 2 aromatic carbocycles. The van der Waals surface area contributed by atoms with Crippen molar-refractivity contribution in [2.75, 3.05) is 17.2 Å². The Morgan fingerprint density at radius 1 is 0.933 bits per heavy atom. The minimum Gasteiger partial charge on any atom is -0.439 e. The molecular weight excluding hydrogens is 410 g/mol. The molecule has 2 aliphatic rings. The molecule has 0 bridgehead atoms. The van der Waals surface area contributed by atoms with Crippen molar-refractivity contribution in [2.24, 2.45) is 0 Å². The Labute approximate surface area is 172 Å². The number of hydrogen-bond donors (Lipinski definition) is 1. The Kier molecular flexibility index (Phi) is 5.15. The number of ether oxygens (including phenoxy) is 2. The molecule has 0 atom stereocenters. The molecule has 9 heteroatoms. The van der Waals surface area contributed by atoms with E-state index in [1.807, 2.05) is 0 Å². The summed E-state index contributed by atoms with van der Waals surface area (Å²) in [6.07, 6.45) is 2.95. The average molecular weight is 427 g/mol. The van der Waals surface area contributed by atoms with E-state index in [2.05, 4.69) is 0 Å². The van der Waals surface area contributed by atoms with Crippen LogP contribution in [-0.4, -0.2) is 37.0 Å². The predicted molar refractivity (Wildman–Crippen MR) is 108 cm³/mol. The van der Waals surface area contributed by atoms with Crippen LogP contribution in [0.1, 0.15) is 16.8 Å². The molecule has 0 spiro atoms. The van der Waals surface area contributed by atoms with Crippen LogP contribution in [0.3, 0.4) is 0 Å². The Bertz CT molecular complexity index is 1200. The monoisotopic (exact) mass is 427 g/mol. The Hall–Kier alpha value is -3.43. The van der Waals surface area contributed by atoms with Gasteiger partial charge in [-0.25, -0.2) is 4.79 Å². The van der Waals surface area contributed by atoms with Gasteiger partial charge in [0, 0.05) is 6.54 Å². The third-order valence-corrected chi connectivity index (χ3v) is 5.42. The van der Waals surface area contributed by atoms with E-state index < -0.39 is 27.6 Å². The number of Topliss-reactive ketones (excluding diaryl/α,β-unsaturated/α-hetero) is 1. The van der Waals surface area contributed by atoms with Gasteiger partial charge >= 0.3 is 5.97 Å². The number of allylic oxidation sites excluding steroid dienone is 2. The van der Waals surface area contributed by atoms with Crippen molar-refractivity contribution < 1.29 is 32.0 Å². The lowest BCUT2D eigenvalue weighted by molar-refractivity contribution is -0.130. The second kappa shape index (κ2) is 7.77. The summed E-state index contributed by atoms with van der Waals surface area (Å²) >= 11 is 0. The second-order valence-electron chi connectivity index (χ2n) is 6.66. The van der Waals surface area contributed by atoms with Gasteiger partial charge in [-0.05, 0) is 42.8 Å². The second-order valence-corrected chi connectivity index (χ2v) is 8.23. The van der Waals surface area contributed by atoms with E-state index in [0.717, 1.165) is 0 Å². The predicted octanol–water partition coefficient (Wildman–Crippen LogP) is 2.73. The Morgan fingerprint density at radius 2 is 1.63 bits per heavy atom. The van der Waals surface area contributed by atoms with Gasteiger partial charge in [0.2, 0.25) is 11.7 Å². The molecule has 0 saturated carbocycles. The van der Waals surface area contributed by atoms with Gasteiger partial charge < -0.3 is 14.4 Å². The van der Waals surface area contributed by atoms with Crippen LogP contribution < -0.4 is 14.4 Å². The number of carbonyl (C=O) groups is 2. The molecule has 2 aliphatic heterocycles. The minimum absolute atomic E-state index is 0.140. The number of esters is 1. The van der Waals surface area contributed by atoms with Crippen molar-refractivity contribution in [3.63, 3.8) is 0 Å². The minimum atomic E-state index is -4.09. The van der Waals surface area contributed by atoms with Crippen LogP contribution in [0.25, 0.3) is 0 Å². The fourth-order valence-corrected chi connectivity index (χ4v) is 3.74. The summed E-state index contributed by atoms with van der Waals surface area (Å²) in [7, 11) is -4.09. The molecular formula is C21H17NO7S. The van der Waals surface area contributed by atoms with E-state index in [-0.39, 0.29) is 24.3 Å². The first-order valence-electron chi connectivity index (χ1n) is 9.11. The van der Waals surface area contributed by atoms with Crippen molar-refractivity contribution in [2.45, 2.75) is 6.42 Å². The summed E-state index contributed by atoms with van der Waals surface area (Å²) in [5.41, 5.74) is 0.862. The fraction of sp³-hybridized carbons (Fsp3) is 0.143. The van der Waals surface area contributed by atoms with E-state index in [9.17, 15) is 18.0 Å². The number of anilines is 1. The first-order chi connectivity index (χ1) is 14.3. The van der Waals surface area contributed by atoms with Crippen molar-refractivity contribution >= 4 is 27.6 Å². The van der Waals surface area contributed by atoms with Gasteiger partial charge in [0.15, 0.2) is 5.75 Å². The highest BCUT2D eigenvalue weighted by Crippen LogP contribution is 2.39. The molecule has 0 fully saturated rings. The van der Waals surface area contributed by atoms with Crippen molar-refractivity contribution in [1.29, 1.82) is 0 Å². The lowest BCUT2D eigenvalue weighted by Gasteiger charge is -2.18. The van der Waals surface area contributed by atoms with Crippen molar-refractivity contribution in [1.82, 2.24) is 0 Å². The zero-order valence-corrected chi connectivity index (χ0v) is 16.5. The van der Waals surface area contributed by atoms with Gasteiger partial charge in [-0.15, -0.1) is 0 Å². The van der Waals surface area contributed by atoms with E-state index in [1.54, 1.807) is 53.4 Å². The molecule has 4 rings (SSSR count). The summed E-state index contributed by atoms with van der Waals surface area (Å²) in [6.45, 7) is 0.243. The molecule has 1 N–H and O–H groups in total. The summed E-state index contributed by atoms with van der Waals surface area (Å²) < 4.78 is 42.0. The fourth-order valence-electron chi connectivity index (χ4n) is 3.25. The normalized spacial score (nSPS) is 18.2. The van der Waals surface area contributed by atoms with Crippen molar-refractivity contribution in [3.05, 3.63) is 77.7 Å². The molecule has 2 aromatic rings. The molecule has 0 aliphatic carbocycles. The van der Waals surface area contributed by atoms with Crippen molar-refractivity contribution in [3.8, 4) is 11.5 Å². The summed E-state index contributed by atoms with van der Waals surface area (Å²) in [6, 6.07) is 13.6. The van der Waals surface area contributed by atoms with Gasteiger partial charge in [0.1, 0.15) is 11.3 Å². The SMILES string of the molecule is O=C1Oc2ccccc2C(=O)/C1=C/C=C1\Oc2ccccc2N1CCCS(=O)(=O)O. The summed E-state index contributed by atoms with van der Waals surface area (Å²) in [4.78, 5) is 26.6. The van der Waals surface area contributed by atoms with E-state index in [4.69, 9.17) is 14.0 Å². The molecule has 0 amide bonds. The zero-order chi connectivity index (χ0) is 21.3. The largest absolute Gasteiger partial charge is 0.439 e. The van der Waals surface area contributed by atoms with Gasteiger partial charge in [-0.3, -0.25) is 9.35 Å². The lowest BCUT2D eigenvalue weighted by Crippen LogP contribution is -2.25. The number of nitrogens with zero attached hydrogens (tertiary/aromatic N) is 1. The number of benzene rings is 2. The standard InChI is InChI=1S/C21H17NO7S/c23-20-14-6-1-3-8-17(14)29-21(24)15(20)10-11-19-22(12-5-13-30(25,26)27)16-7-2-4-9-18(16)28-19/h1-4,6-11H,5,12-13H2,(H,25,26,27)/b15-10-,19-11-. The summed E-state index contributed by atoms with van der Waals surface area (Å²) in [5.74, 6) is -0.526. The third kappa shape index (κ3) is 3.98. The highest BCUT2D eigenvalue weighted by atomic mass is 32.2. The number of hydrogen-bond acceptors (Lipinski definition) is 7. The number of ketones is 1. The lowest BCUT2D eigenvalue weighted by atomic mass is 9.99. The average Bonchev–Trinajstić information content (AvgIpc) is 3.04. The maximum atomic E-state index is 12.7. The maximum absolute atomic E-state index is 12.7. The van der Waals surface area contributed by atoms with E-state index in [1.165, 1.54) is 12.2 Å². The van der Waals surface area contributed by atoms with Gasteiger partial charge in [0.05, 0.1) is 17.0 Å². The molecule has 0 saturated heterocycles. The molecule has 2 heterocycles. The van der Waals surface area contributed by atoms with Gasteiger partial charge in [-0.2, -0.15) is 8.42 Å². The molecule has 30 heavy (non-hydrogen) atoms. The van der Waals surface area contributed by atoms with Gasteiger partial charge in [0.25, 0.3) is 10.1 Å².